The highest BCUT2D eigenvalue weighted by molar-refractivity contribution is 5.92. The number of hydrogen-bond acceptors (Lipinski definition) is 4. The summed E-state index contributed by atoms with van der Waals surface area (Å²) in [7, 11) is 0. The number of benzene rings is 2. The Morgan fingerprint density at radius 1 is 0.958 bits per heavy atom. The van der Waals surface area contributed by atoms with Crippen molar-refractivity contribution in [2.75, 3.05) is 11.9 Å². The van der Waals surface area contributed by atoms with E-state index in [-0.39, 0.29) is 0 Å². The van der Waals surface area contributed by atoms with Crippen LogP contribution in [0.3, 0.4) is 0 Å². The van der Waals surface area contributed by atoms with Gasteiger partial charge in [-0.2, -0.15) is 4.52 Å². The molecule has 0 saturated carbocycles. The van der Waals surface area contributed by atoms with Gasteiger partial charge in [0.05, 0.1) is 5.52 Å². The molecule has 0 amide bonds. The van der Waals surface area contributed by atoms with Crippen molar-refractivity contribution in [2.45, 2.75) is 19.8 Å². The lowest BCUT2D eigenvalue weighted by atomic mass is 10.1. The van der Waals surface area contributed by atoms with Crippen molar-refractivity contribution in [1.82, 2.24) is 19.6 Å². The van der Waals surface area contributed by atoms with Gasteiger partial charge < -0.3 is 5.32 Å². The summed E-state index contributed by atoms with van der Waals surface area (Å²) in [5.74, 6) is 1.50. The molecule has 0 fully saturated rings. The highest BCUT2D eigenvalue weighted by Crippen LogP contribution is 2.20. The SMILES string of the molecule is Cc1nc2c3ccccc3nc(NCCCc3ccccc3)n2n1. The van der Waals surface area contributed by atoms with E-state index in [9.17, 15) is 0 Å². The Bertz CT molecular complexity index is 975. The van der Waals surface area contributed by atoms with Crippen LogP contribution in [0.5, 0.6) is 0 Å². The predicted molar refractivity (Wildman–Crippen MR) is 96.3 cm³/mol. The lowest BCUT2D eigenvalue weighted by Gasteiger charge is -2.09. The molecule has 0 radical (unpaired) electrons. The Morgan fingerprint density at radius 3 is 2.62 bits per heavy atom. The summed E-state index contributed by atoms with van der Waals surface area (Å²) in [6.45, 7) is 2.75. The highest BCUT2D eigenvalue weighted by atomic mass is 15.4. The molecule has 0 atom stereocenters. The van der Waals surface area contributed by atoms with Crippen molar-refractivity contribution in [1.29, 1.82) is 0 Å². The van der Waals surface area contributed by atoms with Crippen molar-refractivity contribution in [3.8, 4) is 0 Å². The zero-order valence-electron chi connectivity index (χ0n) is 13.6. The van der Waals surface area contributed by atoms with E-state index in [1.54, 1.807) is 4.52 Å². The summed E-state index contributed by atoms with van der Waals surface area (Å²) in [6, 6.07) is 18.6. The number of aromatic nitrogens is 4. The van der Waals surface area contributed by atoms with E-state index in [0.29, 0.717) is 0 Å². The highest BCUT2D eigenvalue weighted by Gasteiger charge is 2.11. The fourth-order valence-corrected chi connectivity index (χ4v) is 2.91. The Morgan fingerprint density at radius 2 is 1.75 bits per heavy atom. The molecule has 4 aromatic rings. The fraction of sp³-hybridized carbons (Fsp3) is 0.211. The molecule has 0 aliphatic heterocycles. The standard InChI is InChI=1S/C19H19N5/c1-14-21-18-16-11-5-6-12-17(16)22-19(24(18)23-14)20-13-7-10-15-8-3-2-4-9-15/h2-6,8-9,11-12H,7,10,13H2,1H3,(H,20,22). The molecule has 5 nitrogen and oxygen atoms in total. The second-order valence-electron chi connectivity index (χ2n) is 5.86. The third-order valence-electron chi connectivity index (χ3n) is 4.05. The quantitative estimate of drug-likeness (QED) is 0.571. The van der Waals surface area contributed by atoms with Crippen LogP contribution >= 0.6 is 0 Å². The van der Waals surface area contributed by atoms with Crippen molar-refractivity contribution in [2.24, 2.45) is 0 Å². The minimum atomic E-state index is 0.748. The van der Waals surface area contributed by atoms with Crippen molar-refractivity contribution in [3.63, 3.8) is 0 Å². The zero-order valence-corrected chi connectivity index (χ0v) is 13.6. The average Bonchev–Trinajstić information content (AvgIpc) is 3.01. The third-order valence-corrected chi connectivity index (χ3v) is 4.05. The lowest BCUT2D eigenvalue weighted by molar-refractivity contribution is 0.833. The summed E-state index contributed by atoms with van der Waals surface area (Å²) in [4.78, 5) is 9.26. The van der Waals surface area contributed by atoms with Gasteiger partial charge in [0.15, 0.2) is 5.65 Å². The van der Waals surface area contributed by atoms with Crippen LogP contribution in [0.2, 0.25) is 0 Å². The van der Waals surface area contributed by atoms with E-state index in [1.807, 2.05) is 37.3 Å². The minimum Gasteiger partial charge on any atom is -0.354 e. The number of para-hydroxylation sites is 1. The molecule has 0 unspecified atom stereocenters. The third kappa shape index (κ3) is 2.80. The smallest absolute Gasteiger partial charge is 0.226 e. The zero-order chi connectivity index (χ0) is 16.4. The van der Waals surface area contributed by atoms with E-state index < -0.39 is 0 Å². The van der Waals surface area contributed by atoms with Crippen LogP contribution in [-0.4, -0.2) is 26.1 Å². The number of nitrogens with one attached hydrogen (secondary N) is 1. The number of hydrogen-bond donors (Lipinski definition) is 1. The van der Waals surface area contributed by atoms with Gasteiger partial charge in [-0.05, 0) is 37.5 Å². The Hall–Kier alpha value is -2.95. The number of aryl methyl sites for hydroxylation is 2. The second-order valence-corrected chi connectivity index (χ2v) is 5.86. The van der Waals surface area contributed by atoms with Gasteiger partial charge in [0.25, 0.3) is 0 Å². The largest absolute Gasteiger partial charge is 0.354 e. The van der Waals surface area contributed by atoms with E-state index in [2.05, 4.69) is 39.7 Å². The molecule has 2 heterocycles. The number of anilines is 1. The molecule has 2 aromatic carbocycles. The predicted octanol–water partition coefficient (Wildman–Crippen LogP) is 3.63. The molecule has 2 aromatic heterocycles. The van der Waals surface area contributed by atoms with Gasteiger partial charge in [-0.25, -0.2) is 9.97 Å². The van der Waals surface area contributed by atoms with Crippen molar-refractivity contribution >= 4 is 22.5 Å². The summed E-state index contributed by atoms with van der Waals surface area (Å²) in [5.41, 5.74) is 3.14. The van der Waals surface area contributed by atoms with E-state index in [1.165, 1.54) is 5.56 Å². The molecule has 0 aliphatic rings. The molecular weight excluding hydrogens is 298 g/mol. The van der Waals surface area contributed by atoms with Gasteiger partial charge >= 0.3 is 0 Å². The van der Waals surface area contributed by atoms with Crippen LogP contribution in [0, 0.1) is 6.92 Å². The first-order valence-electron chi connectivity index (χ1n) is 8.21. The lowest BCUT2D eigenvalue weighted by Crippen LogP contribution is -2.10. The molecule has 0 spiro atoms. The molecule has 5 heteroatoms. The van der Waals surface area contributed by atoms with E-state index >= 15 is 0 Å². The van der Waals surface area contributed by atoms with Gasteiger partial charge in [0, 0.05) is 11.9 Å². The van der Waals surface area contributed by atoms with Gasteiger partial charge in [0.1, 0.15) is 5.82 Å². The molecule has 0 saturated heterocycles. The van der Waals surface area contributed by atoms with E-state index in [0.717, 1.165) is 47.7 Å². The second kappa shape index (κ2) is 6.28. The maximum atomic E-state index is 4.71. The summed E-state index contributed by atoms with van der Waals surface area (Å²) < 4.78 is 1.81. The molecular formula is C19H19N5. The number of rotatable bonds is 5. The van der Waals surface area contributed by atoms with Crippen molar-refractivity contribution in [3.05, 3.63) is 66.0 Å². The Balaban J connectivity index is 1.56. The summed E-state index contributed by atoms with van der Waals surface area (Å²) in [6.07, 6.45) is 2.08. The average molecular weight is 317 g/mol. The van der Waals surface area contributed by atoms with Crippen LogP contribution in [0.15, 0.2) is 54.6 Å². The van der Waals surface area contributed by atoms with Gasteiger partial charge in [-0.3, -0.25) is 0 Å². The molecule has 0 bridgehead atoms. The van der Waals surface area contributed by atoms with Gasteiger partial charge in [-0.1, -0.05) is 42.5 Å². The molecule has 4 rings (SSSR count). The maximum Gasteiger partial charge on any atom is 0.226 e. The first-order valence-corrected chi connectivity index (χ1v) is 8.21. The summed E-state index contributed by atoms with van der Waals surface area (Å²) >= 11 is 0. The first-order chi connectivity index (χ1) is 11.8. The molecule has 24 heavy (non-hydrogen) atoms. The maximum absolute atomic E-state index is 4.71. The number of nitrogens with zero attached hydrogens (tertiary/aromatic N) is 4. The van der Waals surface area contributed by atoms with Crippen LogP contribution in [0.4, 0.5) is 5.95 Å². The monoisotopic (exact) mass is 317 g/mol. The Kier molecular flexibility index (Phi) is 3.83. The topological polar surface area (TPSA) is 55.1 Å². The van der Waals surface area contributed by atoms with Crippen LogP contribution in [-0.2, 0) is 6.42 Å². The molecule has 120 valence electrons. The van der Waals surface area contributed by atoms with E-state index in [4.69, 9.17) is 4.98 Å². The van der Waals surface area contributed by atoms with Crippen LogP contribution < -0.4 is 5.32 Å². The molecule has 0 aliphatic carbocycles. The summed E-state index contributed by atoms with van der Waals surface area (Å²) in [5, 5.41) is 8.91. The fourth-order valence-electron chi connectivity index (χ4n) is 2.91. The van der Waals surface area contributed by atoms with Gasteiger partial charge in [0.2, 0.25) is 5.95 Å². The van der Waals surface area contributed by atoms with Gasteiger partial charge in [-0.15, -0.1) is 5.10 Å². The molecule has 1 N–H and O–H groups in total. The normalized spacial score (nSPS) is 11.2. The van der Waals surface area contributed by atoms with Crippen LogP contribution in [0.1, 0.15) is 17.8 Å². The Labute approximate surface area is 140 Å². The van der Waals surface area contributed by atoms with Crippen LogP contribution in [0.25, 0.3) is 16.6 Å². The first kappa shape index (κ1) is 14.6. The van der Waals surface area contributed by atoms with Crippen molar-refractivity contribution < 1.29 is 0 Å². The minimum absolute atomic E-state index is 0.748. The number of fused-ring (bicyclic) bond motifs is 3.